The first-order chi connectivity index (χ1) is 43.7. The van der Waals surface area contributed by atoms with E-state index in [1.165, 1.54) is 5.69 Å². The summed E-state index contributed by atoms with van der Waals surface area (Å²) in [4.78, 5) is 68.1. The van der Waals surface area contributed by atoms with Gasteiger partial charge in [-0.3, -0.25) is 43.2 Å². The van der Waals surface area contributed by atoms with Crippen molar-refractivity contribution in [2.24, 2.45) is 0 Å². The van der Waals surface area contributed by atoms with Gasteiger partial charge >= 0.3 is 0 Å². The van der Waals surface area contributed by atoms with E-state index in [2.05, 4.69) is 116 Å². The summed E-state index contributed by atoms with van der Waals surface area (Å²) in [6, 6.07) is 20.9. The first-order valence-corrected chi connectivity index (χ1v) is 32.5. The number of ketones is 1. The Kier molecular flexibility index (Phi) is 15.7. The van der Waals surface area contributed by atoms with E-state index < -0.39 is 18.0 Å². The van der Waals surface area contributed by atoms with Crippen LogP contribution in [0.2, 0.25) is 5.02 Å². The second-order valence-corrected chi connectivity index (χ2v) is 26.4. The molecule has 0 amide bonds. The highest BCUT2D eigenvalue weighted by atomic mass is 35.5. The number of anilines is 3. The minimum atomic E-state index is -3.06. The van der Waals surface area contributed by atoms with Gasteiger partial charge in [-0.15, -0.1) is 0 Å². The van der Waals surface area contributed by atoms with Gasteiger partial charge in [0.25, 0.3) is 5.92 Å². The van der Waals surface area contributed by atoms with Crippen molar-refractivity contribution in [1.29, 1.82) is 0 Å². The van der Waals surface area contributed by atoms with Crippen molar-refractivity contribution in [3.05, 3.63) is 148 Å². The van der Waals surface area contributed by atoms with Gasteiger partial charge < -0.3 is 34.4 Å². The minimum absolute atomic E-state index is 0.00661. The average Bonchev–Trinajstić information content (AvgIpc) is 1.61. The summed E-state index contributed by atoms with van der Waals surface area (Å²) in [5, 5.41) is 0.630. The number of H-pyrrole nitrogens is 1. The Morgan fingerprint density at radius 2 is 1.18 bits per heavy atom. The number of benzene rings is 1. The van der Waals surface area contributed by atoms with Crippen LogP contribution >= 0.6 is 11.6 Å². The Bertz CT molecular complexity index is 4160. The van der Waals surface area contributed by atoms with Crippen molar-refractivity contribution in [3.63, 3.8) is 0 Å². The third-order valence-electron chi connectivity index (χ3n) is 20.2. The van der Waals surface area contributed by atoms with E-state index in [1.54, 1.807) is 12.4 Å². The van der Waals surface area contributed by atoms with Crippen molar-refractivity contribution < 1.29 is 13.6 Å². The van der Waals surface area contributed by atoms with Crippen LogP contribution in [0.1, 0.15) is 89.2 Å². The highest BCUT2D eigenvalue weighted by Gasteiger charge is 2.51. The van der Waals surface area contributed by atoms with Gasteiger partial charge in [-0.05, 0) is 126 Å². The van der Waals surface area contributed by atoms with Crippen LogP contribution in [0.4, 0.5) is 26.1 Å². The summed E-state index contributed by atoms with van der Waals surface area (Å²) in [6.07, 6.45) is 11.6. The second kappa shape index (κ2) is 23.9. The van der Waals surface area contributed by atoms with E-state index in [-0.39, 0.29) is 31.3 Å². The number of imidazole rings is 3. The van der Waals surface area contributed by atoms with E-state index in [9.17, 15) is 4.79 Å². The van der Waals surface area contributed by atoms with Crippen LogP contribution < -0.4 is 14.7 Å². The molecule has 3 unspecified atom stereocenters. The SMILES string of the molecule is Cc1cccnc1C1C(=O)CCN1Cc1cn2c(N3CCN(C)CC3)c(-c3ccnc(C4N(Cc5cn6c(N7CCN(C)CC7)c(-c7ccnc(C8CCCN8Cc8nc9c(N%10CCN(C)CC%10)cccc9[nH]8)c7Cl)ccc6n5)CCC4(F)F)c3C)ccc2n1. The first-order valence-electron chi connectivity index (χ1n) is 32.2. The average molecular weight is 1240 g/mol. The highest BCUT2D eigenvalue weighted by Crippen LogP contribution is 2.48. The number of rotatable bonds is 14. The summed E-state index contributed by atoms with van der Waals surface area (Å²) in [5.41, 5.74) is 13.7. The highest BCUT2D eigenvalue weighted by molar-refractivity contribution is 6.34. The number of aryl methyl sites for hydroxylation is 1. The fraction of sp³-hybridized carbons (Fsp3) is 0.456. The maximum Gasteiger partial charge on any atom is 0.270 e. The van der Waals surface area contributed by atoms with Crippen LogP contribution in [0.25, 0.3) is 44.6 Å². The predicted molar refractivity (Wildman–Crippen MR) is 349 cm³/mol. The Morgan fingerprint density at radius 1 is 0.578 bits per heavy atom. The number of fused-ring (bicyclic) bond motifs is 3. The molecule has 0 bridgehead atoms. The summed E-state index contributed by atoms with van der Waals surface area (Å²) < 4.78 is 38.2. The number of para-hydroxylation sites is 1. The number of piperazine rings is 3. The second-order valence-electron chi connectivity index (χ2n) is 26.0. The van der Waals surface area contributed by atoms with Crippen LogP contribution in [0.15, 0.2) is 97.7 Å². The fourth-order valence-corrected chi connectivity index (χ4v) is 15.6. The Balaban J connectivity index is 0.732. The summed E-state index contributed by atoms with van der Waals surface area (Å²) in [5.74, 6) is -0.0307. The number of aromatic amines is 1. The van der Waals surface area contributed by atoms with Crippen molar-refractivity contribution >= 4 is 57.0 Å². The number of likely N-dealkylation sites (tertiary alicyclic amines) is 3. The van der Waals surface area contributed by atoms with Gasteiger partial charge in [0.2, 0.25) is 0 Å². The van der Waals surface area contributed by atoms with E-state index in [0.717, 1.165) is 183 Å². The lowest BCUT2D eigenvalue weighted by Gasteiger charge is -2.36. The number of carbonyl (C=O) groups excluding carboxylic acids is 1. The quantitative estimate of drug-likeness (QED) is 0.110. The van der Waals surface area contributed by atoms with E-state index in [0.29, 0.717) is 48.0 Å². The van der Waals surface area contributed by atoms with Gasteiger partial charge in [-0.1, -0.05) is 23.7 Å². The predicted octanol–water partition coefficient (Wildman–Crippen LogP) is 9.34. The number of pyridine rings is 5. The number of aromatic nitrogens is 9. The van der Waals surface area contributed by atoms with Crippen molar-refractivity contribution in [3.8, 4) is 22.3 Å². The molecule has 3 atom stereocenters. The van der Waals surface area contributed by atoms with Gasteiger partial charge in [0.15, 0.2) is 5.78 Å². The maximum atomic E-state index is 17.0. The van der Waals surface area contributed by atoms with Gasteiger partial charge in [-0.25, -0.2) is 23.7 Å². The Hall–Kier alpha value is -7.50. The van der Waals surface area contributed by atoms with Crippen LogP contribution in [0.3, 0.4) is 0 Å². The Morgan fingerprint density at radius 3 is 1.83 bits per heavy atom. The summed E-state index contributed by atoms with van der Waals surface area (Å²) >= 11 is 7.70. The molecule has 6 aliphatic rings. The number of nitrogens with zero attached hydrogens (tertiary/aromatic N) is 17. The first kappa shape index (κ1) is 58.8. The molecule has 1 N–H and O–H groups in total. The molecule has 6 fully saturated rings. The monoisotopic (exact) mass is 1240 g/mol. The lowest BCUT2D eigenvalue weighted by molar-refractivity contribution is -0.120. The van der Waals surface area contributed by atoms with Crippen molar-refractivity contribution in [2.75, 3.05) is 134 Å². The third kappa shape index (κ3) is 10.9. The number of Topliss-reactive ketones (excluding diaryl/α,β-unsaturated/α-hetero) is 1. The number of nitrogens with one attached hydrogen (secondary N) is 1. The number of hydrogen-bond acceptors (Lipinski definition) is 16. The zero-order valence-electron chi connectivity index (χ0n) is 52.2. The number of halogens is 3. The van der Waals surface area contributed by atoms with Crippen LogP contribution in [0.5, 0.6) is 0 Å². The van der Waals surface area contributed by atoms with Crippen molar-refractivity contribution in [1.82, 2.24) is 73.1 Å². The lowest BCUT2D eigenvalue weighted by Crippen LogP contribution is -2.45. The number of hydrogen-bond donors (Lipinski definition) is 1. The Labute approximate surface area is 528 Å². The van der Waals surface area contributed by atoms with Crippen LogP contribution in [-0.4, -0.2) is 204 Å². The molecule has 0 saturated carbocycles. The molecule has 6 aliphatic heterocycles. The molecular weight excluding hydrogens is 1160 g/mol. The molecule has 468 valence electrons. The molecule has 0 aliphatic carbocycles. The standard InChI is InChI=1S/C68H79ClF2N18O/c1-44-9-7-21-72-60(44)64-55(90)19-25-86(64)39-46-41-88-57(75-46)15-13-50(66(88)83-35-29-80(4)30-36-83)48-17-22-73-61(45(48)2)65-68(70,71)20-26-87(65)40-47-42-89-58(76-47)16-14-51(67(89)84-37-31-81(5)32-38-84)49-18-23-74-63(59(49)69)54-12-8-24-85(54)43-56-77-52-10-6-11-53(62(52)78-56)82-33-27-79(3)28-34-82/h6-7,9-11,13-18,21-23,41-42,54,64-65H,8,12,19-20,24-40,43H2,1-5H3,(H,77,78). The molecule has 6 saturated heterocycles. The molecule has 9 aromatic rings. The van der Waals surface area contributed by atoms with E-state index >= 15 is 8.78 Å². The zero-order valence-corrected chi connectivity index (χ0v) is 52.9. The maximum absolute atomic E-state index is 17.0. The molecular formula is C68H79ClF2N18O. The number of carbonyl (C=O) groups is 1. The minimum Gasteiger partial charge on any atom is -0.367 e. The molecule has 8 aromatic heterocycles. The summed E-state index contributed by atoms with van der Waals surface area (Å²) in [6.45, 7) is 17.6. The third-order valence-corrected chi connectivity index (χ3v) is 20.6. The topological polar surface area (TPSA) is 148 Å². The lowest BCUT2D eigenvalue weighted by atomic mass is 9.95. The molecule has 1 aromatic carbocycles. The van der Waals surface area contributed by atoms with Gasteiger partial charge in [0, 0.05) is 165 Å². The van der Waals surface area contributed by atoms with Crippen LogP contribution in [0, 0.1) is 13.8 Å². The fourth-order valence-electron chi connectivity index (χ4n) is 15.2. The molecule has 14 heterocycles. The van der Waals surface area contributed by atoms with Gasteiger partial charge in [-0.2, -0.15) is 0 Å². The molecule has 22 heteroatoms. The van der Waals surface area contributed by atoms with E-state index in [4.69, 9.17) is 36.5 Å². The zero-order chi connectivity index (χ0) is 61.5. The van der Waals surface area contributed by atoms with Gasteiger partial charge in [0.1, 0.15) is 46.4 Å². The van der Waals surface area contributed by atoms with Crippen molar-refractivity contribution in [2.45, 2.75) is 83.2 Å². The molecule has 15 rings (SSSR count). The smallest absolute Gasteiger partial charge is 0.270 e. The van der Waals surface area contributed by atoms with Gasteiger partial charge in [0.05, 0.1) is 57.3 Å². The molecule has 0 spiro atoms. The normalized spacial score (nSPS) is 22.1. The molecule has 0 radical (unpaired) electrons. The molecule has 90 heavy (non-hydrogen) atoms. The summed E-state index contributed by atoms with van der Waals surface area (Å²) in [7, 11) is 6.47. The van der Waals surface area contributed by atoms with E-state index in [1.807, 2.05) is 67.5 Å². The van der Waals surface area contributed by atoms with Crippen LogP contribution in [-0.2, 0) is 24.4 Å². The molecule has 19 nitrogen and oxygen atoms in total. The number of likely N-dealkylation sites (N-methyl/N-ethyl adjacent to an activating group) is 3. The number of alkyl halides is 2. The largest absolute Gasteiger partial charge is 0.367 e.